The normalized spacial score (nSPS) is 13.6. The zero-order valence-electron chi connectivity index (χ0n) is 14.1. The van der Waals surface area contributed by atoms with Crippen molar-refractivity contribution in [2.24, 2.45) is 0 Å². The molecule has 1 heterocycles. The zero-order chi connectivity index (χ0) is 19.6. The van der Waals surface area contributed by atoms with Gasteiger partial charge in [-0.15, -0.1) is 0 Å². The second-order valence-electron chi connectivity index (χ2n) is 5.64. The molecule has 2 aromatic carbocycles. The van der Waals surface area contributed by atoms with Crippen LogP contribution < -0.4 is 14.8 Å². The molecule has 27 heavy (non-hydrogen) atoms. The Bertz CT molecular complexity index is 906. The summed E-state index contributed by atoms with van der Waals surface area (Å²) in [5, 5.41) is 2.24. The van der Waals surface area contributed by atoms with Crippen LogP contribution in [-0.4, -0.2) is 31.2 Å². The highest BCUT2D eigenvalue weighted by molar-refractivity contribution is 6.33. The molecule has 0 saturated carbocycles. The van der Waals surface area contributed by atoms with Crippen LogP contribution in [0.2, 0.25) is 5.02 Å². The molecule has 0 aliphatic carbocycles. The number of halogens is 3. The molecule has 1 amide bonds. The number of esters is 1. The maximum absolute atomic E-state index is 13.3. The predicted octanol–water partition coefficient (Wildman–Crippen LogP) is 3.57. The van der Waals surface area contributed by atoms with Crippen molar-refractivity contribution in [3.8, 4) is 11.5 Å². The van der Waals surface area contributed by atoms with Gasteiger partial charge in [-0.25, -0.2) is 13.6 Å². The number of amides is 1. The first-order valence-corrected chi connectivity index (χ1v) is 8.29. The molecular weight excluding hydrogens is 384 g/mol. The third-order valence-electron chi connectivity index (χ3n) is 3.69. The summed E-state index contributed by atoms with van der Waals surface area (Å²) >= 11 is 5.72. The second-order valence-corrected chi connectivity index (χ2v) is 6.05. The number of hydrogen-bond donors (Lipinski definition) is 1. The van der Waals surface area contributed by atoms with Crippen molar-refractivity contribution in [2.75, 3.05) is 18.5 Å². The van der Waals surface area contributed by atoms with E-state index in [-0.39, 0.29) is 10.6 Å². The summed E-state index contributed by atoms with van der Waals surface area (Å²) in [6.07, 6.45) is -1.21. The van der Waals surface area contributed by atoms with Crippen molar-refractivity contribution in [3.05, 3.63) is 52.6 Å². The van der Waals surface area contributed by atoms with Gasteiger partial charge in [0.05, 0.1) is 10.6 Å². The molecule has 0 aromatic heterocycles. The molecule has 142 valence electrons. The lowest BCUT2D eigenvalue weighted by molar-refractivity contribution is -0.123. The third-order valence-corrected chi connectivity index (χ3v) is 4.01. The van der Waals surface area contributed by atoms with Gasteiger partial charge in [0.25, 0.3) is 5.91 Å². The third kappa shape index (κ3) is 4.28. The van der Waals surface area contributed by atoms with Gasteiger partial charge in [0, 0.05) is 11.8 Å². The largest absolute Gasteiger partial charge is 0.486 e. The number of fused-ring (bicyclic) bond motifs is 1. The van der Waals surface area contributed by atoms with Crippen LogP contribution in [0, 0.1) is 11.6 Å². The van der Waals surface area contributed by atoms with Gasteiger partial charge < -0.3 is 19.5 Å². The number of benzene rings is 2. The van der Waals surface area contributed by atoms with Crippen molar-refractivity contribution in [2.45, 2.75) is 13.0 Å². The number of anilines is 1. The number of ether oxygens (including phenoxy) is 3. The summed E-state index contributed by atoms with van der Waals surface area (Å²) in [4.78, 5) is 24.3. The summed E-state index contributed by atoms with van der Waals surface area (Å²) in [5.41, 5.74) is 0.0348. The van der Waals surface area contributed by atoms with E-state index in [9.17, 15) is 18.4 Å². The molecule has 0 unspecified atom stereocenters. The van der Waals surface area contributed by atoms with E-state index >= 15 is 0 Å². The summed E-state index contributed by atoms with van der Waals surface area (Å²) in [6, 6.07) is 6.10. The van der Waals surface area contributed by atoms with E-state index in [0.717, 1.165) is 0 Å². The van der Waals surface area contributed by atoms with Gasteiger partial charge in [-0.1, -0.05) is 11.6 Å². The van der Waals surface area contributed by atoms with Gasteiger partial charge in [0.1, 0.15) is 13.2 Å². The number of hydrogen-bond acceptors (Lipinski definition) is 5. The average molecular weight is 398 g/mol. The summed E-state index contributed by atoms with van der Waals surface area (Å²) < 4.78 is 42.2. The average Bonchev–Trinajstić information content (AvgIpc) is 2.64. The highest BCUT2D eigenvalue weighted by Gasteiger charge is 2.23. The Kier molecular flexibility index (Phi) is 5.46. The Labute approximate surface area is 158 Å². The fourth-order valence-corrected chi connectivity index (χ4v) is 2.55. The molecule has 1 N–H and O–H groups in total. The molecule has 1 aliphatic rings. The lowest BCUT2D eigenvalue weighted by Crippen LogP contribution is -2.30. The first-order valence-electron chi connectivity index (χ1n) is 7.91. The fraction of sp³-hybridized carbons (Fsp3) is 0.222. The molecule has 0 radical (unpaired) electrons. The maximum Gasteiger partial charge on any atom is 0.340 e. The van der Waals surface area contributed by atoms with Crippen LogP contribution in [0.3, 0.4) is 0 Å². The topological polar surface area (TPSA) is 73.9 Å². The number of carbonyl (C=O) groups excluding carboxylic acids is 2. The summed E-state index contributed by atoms with van der Waals surface area (Å²) in [6.45, 7) is 2.17. The molecule has 0 spiro atoms. The van der Waals surface area contributed by atoms with Crippen LogP contribution in [0.1, 0.15) is 17.3 Å². The van der Waals surface area contributed by atoms with Crippen molar-refractivity contribution in [1.82, 2.24) is 0 Å². The smallest absolute Gasteiger partial charge is 0.340 e. The molecule has 0 bridgehead atoms. The van der Waals surface area contributed by atoms with Gasteiger partial charge in [-0.05, 0) is 31.2 Å². The Hall–Kier alpha value is -2.87. The number of carbonyl (C=O) groups is 2. The van der Waals surface area contributed by atoms with Crippen molar-refractivity contribution < 1.29 is 32.6 Å². The molecular formula is C18H14ClF2NO5. The van der Waals surface area contributed by atoms with E-state index in [1.54, 1.807) is 18.2 Å². The highest BCUT2D eigenvalue weighted by Crippen LogP contribution is 2.32. The molecule has 9 heteroatoms. The zero-order valence-corrected chi connectivity index (χ0v) is 14.8. The molecule has 2 aromatic rings. The van der Waals surface area contributed by atoms with Crippen LogP contribution >= 0.6 is 11.6 Å². The van der Waals surface area contributed by atoms with Gasteiger partial charge in [0.2, 0.25) is 0 Å². The maximum atomic E-state index is 13.3. The fourth-order valence-electron chi connectivity index (χ4n) is 2.32. The summed E-state index contributed by atoms with van der Waals surface area (Å²) in [7, 11) is 0. The van der Waals surface area contributed by atoms with Crippen molar-refractivity contribution >= 4 is 29.2 Å². The van der Waals surface area contributed by atoms with E-state index in [0.29, 0.717) is 42.5 Å². The molecule has 3 rings (SSSR count). The minimum atomic E-state index is -1.25. The quantitative estimate of drug-likeness (QED) is 0.630. The Morgan fingerprint density at radius 3 is 2.52 bits per heavy atom. The molecule has 6 nitrogen and oxygen atoms in total. The Balaban J connectivity index is 1.65. The van der Waals surface area contributed by atoms with Crippen LogP contribution in [0.25, 0.3) is 0 Å². The minimum absolute atomic E-state index is 0.321. The first-order chi connectivity index (χ1) is 12.8. The molecule has 0 saturated heterocycles. The van der Waals surface area contributed by atoms with Gasteiger partial charge in [-0.2, -0.15) is 0 Å². The molecule has 1 aliphatic heterocycles. The highest BCUT2D eigenvalue weighted by atomic mass is 35.5. The van der Waals surface area contributed by atoms with Crippen LogP contribution in [-0.2, 0) is 9.53 Å². The van der Waals surface area contributed by atoms with Crippen LogP contribution in [0.15, 0.2) is 30.3 Å². The minimum Gasteiger partial charge on any atom is -0.486 e. The van der Waals surface area contributed by atoms with Gasteiger partial charge >= 0.3 is 5.97 Å². The van der Waals surface area contributed by atoms with Gasteiger partial charge in [0.15, 0.2) is 29.2 Å². The Morgan fingerprint density at radius 1 is 1.11 bits per heavy atom. The van der Waals surface area contributed by atoms with E-state index in [1.165, 1.54) is 6.92 Å². The first kappa shape index (κ1) is 18.9. The van der Waals surface area contributed by atoms with E-state index in [2.05, 4.69) is 5.32 Å². The lowest BCUT2D eigenvalue weighted by Gasteiger charge is -2.19. The van der Waals surface area contributed by atoms with Crippen LogP contribution in [0.4, 0.5) is 14.5 Å². The molecule has 1 atom stereocenters. The van der Waals surface area contributed by atoms with Crippen molar-refractivity contribution in [3.63, 3.8) is 0 Å². The number of rotatable bonds is 4. The summed E-state index contributed by atoms with van der Waals surface area (Å²) in [5.74, 6) is -3.08. The number of nitrogens with one attached hydrogen (secondary N) is 1. The second kappa shape index (κ2) is 7.79. The lowest BCUT2D eigenvalue weighted by atomic mass is 10.2. The van der Waals surface area contributed by atoms with Crippen molar-refractivity contribution in [1.29, 1.82) is 0 Å². The standard InChI is InChI=1S/C18H14ClF2NO5/c1-9(27-18(24)11-7-13(20)14(21)8-12(11)19)17(23)22-10-2-3-15-16(6-10)26-5-4-25-15/h2-3,6-9H,4-5H2,1H3,(H,22,23)/t9-/m0/s1. The van der Waals surface area contributed by atoms with Crippen LogP contribution in [0.5, 0.6) is 11.5 Å². The van der Waals surface area contributed by atoms with Gasteiger partial charge in [-0.3, -0.25) is 4.79 Å². The van der Waals surface area contributed by atoms with E-state index in [4.69, 9.17) is 25.8 Å². The Morgan fingerprint density at radius 2 is 1.78 bits per heavy atom. The van der Waals surface area contributed by atoms with E-state index in [1.807, 2.05) is 0 Å². The monoisotopic (exact) mass is 397 g/mol. The SMILES string of the molecule is C[C@H](OC(=O)c1cc(F)c(F)cc1Cl)C(=O)Nc1ccc2c(c1)OCCO2. The van der Waals surface area contributed by atoms with E-state index < -0.39 is 29.6 Å². The molecule has 0 fully saturated rings. The predicted molar refractivity (Wildman–Crippen MR) is 92.3 cm³/mol.